The third-order valence-electron chi connectivity index (χ3n) is 3.57. The number of oxime groups is 1. The average Bonchev–Trinajstić information content (AvgIpc) is 2.95. The van der Waals surface area contributed by atoms with Gasteiger partial charge in [-0.05, 0) is 48.4 Å². The van der Waals surface area contributed by atoms with Gasteiger partial charge in [0.05, 0.1) is 5.71 Å². The molecular weight excluding hydrogens is 266 g/mol. The van der Waals surface area contributed by atoms with E-state index >= 15 is 0 Å². The Balaban J connectivity index is 1.57. The van der Waals surface area contributed by atoms with Gasteiger partial charge in [-0.25, -0.2) is 0 Å². The highest BCUT2D eigenvalue weighted by molar-refractivity contribution is 5.98. The summed E-state index contributed by atoms with van der Waals surface area (Å²) >= 11 is 0. The summed E-state index contributed by atoms with van der Waals surface area (Å²) in [4.78, 5) is 0. The lowest BCUT2D eigenvalue weighted by Gasteiger charge is -2.12. The predicted molar refractivity (Wildman–Crippen MR) is 80.5 cm³/mol. The maximum atomic E-state index is 8.73. The monoisotopic (exact) mass is 283 g/mol. The van der Waals surface area contributed by atoms with Gasteiger partial charge in [0.15, 0.2) is 0 Å². The van der Waals surface area contributed by atoms with Crippen molar-refractivity contribution in [3.05, 3.63) is 59.7 Å². The lowest BCUT2D eigenvalue weighted by Crippen LogP contribution is -2.22. The maximum absolute atomic E-state index is 8.73. The largest absolute Gasteiger partial charge is 0.490 e. The number of nitrogens with zero attached hydrogens (tertiary/aromatic N) is 1. The highest BCUT2D eigenvalue weighted by atomic mass is 16.5. The van der Waals surface area contributed by atoms with E-state index in [1.54, 1.807) is 6.92 Å². The molecule has 108 valence electrons. The van der Waals surface area contributed by atoms with E-state index in [9.17, 15) is 0 Å². The molecule has 1 unspecified atom stereocenters. The number of hydrogen-bond acceptors (Lipinski definition) is 4. The molecule has 0 aromatic heterocycles. The van der Waals surface area contributed by atoms with Gasteiger partial charge in [-0.3, -0.25) is 0 Å². The molecule has 2 aromatic rings. The van der Waals surface area contributed by atoms with Crippen LogP contribution in [-0.4, -0.2) is 23.6 Å². The second-order valence-corrected chi connectivity index (χ2v) is 5.07. The number of rotatable bonds is 4. The summed E-state index contributed by atoms with van der Waals surface area (Å²) in [7, 11) is 0. The summed E-state index contributed by atoms with van der Waals surface area (Å²) in [6, 6.07) is 15.5. The first-order valence-electron chi connectivity index (χ1n) is 6.92. The van der Waals surface area contributed by atoms with Crippen LogP contribution in [0.1, 0.15) is 18.1 Å². The Morgan fingerprint density at radius 3 is 2.71 bits per heavy atom. The Kier molecular flexibility index (Phi) is 3.77. The Bertz CT molecular complexity index is 624. The zero-order chi connectivity index (χ0) is 14.7. The van der Waals surface area contributed by atoms with Crippen molar-refractivity contribution in [3.63, 3.8) is 0 Å². The third-order valence-corrected chi connectivity index (χ3v) is 3.57. The fourth-order valence-electron chi connectivity index (χ4n) is 2.39. The van der Waals surface area contributed by atoms with E-state index in [0.717, 1.165) is 23.5 Å². The van der Waals surface area contributed by atoms with Crippen LogP contribution >= 0.6 is 0 Å². The molecule has 1 aliphatic heterocycles. The lowest BCUT2D eigenvalue weighted by atomic mass is 10.1. The molecule has 0 aliphatic carbocycles. The zero-order valence-corrected chi connectivity index (χ0v) is 11.8. The van der Waals surface area contributed by atoms with Gasteiger partial charge in [0.25, 0.3) is 0 Å². The van der Waals surface area contributed by atoms with E-state index in [-0.39, 0.29) is 6.10 Å². The van der Waals surface area contributed by atoms with E-state index in [4.69, 9.17) is 14.7 Å². The van der Waals surface area contributed by atoms with Crippen molar-refractivity contribution < 1.29 is 14.7 Å². The van der Waals surface area contributed by atoms with Gasteiger partial charge < -0.3 is 14.7 Å². The molecule has 0 spiro atoms. The lowest BCUT2D eigenvalue weighted by molar-refractivity contribution is 0.148. The molecule has 1 N–H and O–H groups in total. The van der Waals surface area contributed by atoms with Gasteiger partial charge in [-0.15, -0.1) is 0 Å². The first kappa shape index (κ1) is 13.5. The number of fused-ring (bicyclic) bond motifs is 1. The third kappa shape index (κ3) is 2.99. The minimum atomic E-state index is 0.0582. The molecule has 2 aromatic carbocycles. The molecular formula is C17H17NO3. The molecule has 0 saturated heterocycles. The van der Waals surface area contributed by atoms with Crippen LogP contribution in [0, 0.1) is 0 Å². The van der Waals surface area contributed by atoms with Gasteiger partial charge >= 0.3 is 0 Å². The Morgan fingerprint density at radius 1 is 1.24 bits per heavy atom. The zero-order valence-electron chi connectivity index (χ0n) is 11.8. The molecule has 1 atom stereocenters. The molecule has 0 radical (unpaired) electrons. The van der Waals surface area contributed by atoms with Crippen LogP contribution < -0.4 is 9.47 Å². The minimum Gasteiger partial charge on any atom is -0.490 e. The topological polar surface area (TPSA) is 51.1 Å². The SMILES string of the molecule is CC(=NO)c1ccc(OCC2Cc3ccccc3O2)cc1. The van der Waals surface area contributed by atoms with Gasteiger partial charge in [-0.1, -0.05) is 23.4 Å². The van der Waals surface area contributed by atoms with Crippen molar-refractivity contribution >= 4 is 5.71 Å². The summed E-state index contributed by atoms with van der Waals surface area (Å²) in [5.41, 5.74) is 2.68. The van der Waals surface area contributed by atoms with Gasteiger partial charge in [0.2, 0.25) is 0 Å². The maximum Gasteiger partial charge on any atom is 0.137 e. The second-order valence-electron chi connectivity index (χ2n) is 5.07. The average molecular weight is 283 g/mol. The molecule has 1 heterocycles. The molecule has 0 amide bonds. The van der Waals surface area contributed by atoms with Crippen LogP contribution in [0.4, 0.5) is 0 Å². The molecule has 3 rings (SSSR count). The highest BCUT2D eigenvalue weighted by Gasteiger charge is 2.22. The first-order chi connectivity index (χ1) is 10.3. The summed E-state index contributed by atoms with van der Waals surface area (Å²) in [5, 5.41) is 11.9. The summed E-state index contributed by atoms with van der Waals surface area (Å²) in [5.74, 6) is 1.74. The van der Waals surface area contributed by atoms with Gasteiger partial charge in [0, 0.05) is 6.42 Å². The molecule has 4 nitrogen and oxygen atoms in total. The fourth-order valence-corrected chi connectivity index (χ4v) is 2.39. The van der Waals surface area contributed by atoms with Gasteiger partial charge in [0.1, 0.15) is 24.2 Å². The van der Waals surface area contributed by atoms with Crippen LogP contribution in [0.3, 0.4) is 0 Å². The smallest absolute Gasteiger partial charge is 0.137 e. The normalized spacial score (nSPS) is 17.2. The molecule has 0 bridgehead atoms. The van der Waals surface area contributed by atoms with Crippen LogP contribution in [-0.2, 0) is 6.42 Å². The predicted octanol–water partition coefficient (Wildman–Crippen LogP) is 3.27. The van der Waals surface area contributed by atoms with Crippen molar-refractivity contribution in [1.29, 1.82) is 0 Å². The van der Waals surface area contributed by atoms with Crippen molar-refractivity contribution in [2.75, 3.05) is 6.61 Å². The van der Waals surface area contributed by atoms with E-state index in [0.29, 0.717) is 12.3 Å². The minimum absolute atomic E-state index is 0.0582. The van der Waals surface area contributed by atoms with E-state index < -0.39 is 0 Å². The Hall–Kier alpha value is -2.49. The van der Waals surface area contributed by atoms with Crippen LogP contribution in [0.5, 0.6) is 11.5 Å². The first-order valence-corrected chi connectivity index (χ1v) is 6.92. The number of para-hydroxylation sites is 1. The molecule has 1 aliphatic rings. The summed E-state index contributed by atoms with van der Waals surface area (Å²) in [6.07, 6.45) is 0.938. The number of ether oxygens (including phenoxy) is 2. The van der Waals surface area contributed by atoms with E-state index in [1.165, 1.54) is 5.56 Å². The highest BCUT2D eigenvalue weighted by Crippen LogP contribution is 2.28. The quantitative estimate of drug-likeness (QED) is 0.532. The Labute approximate surface area is 123 Å². The summed E-state index contributed by atoms with van der Waals surface area (Å²) in [6.45, 7) is 2.26. The van der Waals surface area contributed by atoms with E-state index in [1.807, 2.05) is 42.5 Å². The molecule has 4 heteroatoms. The second kappa shape index (κ2) is 5.87. The van der Waals surface area contributed by atoms with Crippen LogP contribution in [0.15, 0.2) is 53.7 Å². The Morgan fingerprint density at radius 2 is 2.00 bits per heavy atom. The van der Waals surface area contributed by atoms with Crippen LogP contribution in [0.25, 0.3) is 0 Å². The van der Waals surface area contributed by atoms with E-state index in [2.05, 4.69) is 11.2 Å². The number of benzene rings is 2. The van der Waals surface area contributed by atoms with Crippen molar-refractivity contribution in [2.45, 2.75) is 19.4 Å². The van der Waals surface area contributed by atoms with Crippen molar-refractivity contribution in [3.8, 4) is 11.5 Å². The number of hydrogen-bond donors (Lipinski definition) is 1. The van der Waals surface area contributed by atoms with Gasteiger partial charge in [-0.2, -0.15) is 0 Å². The fraction of sp³-hybridized carbons (Fsp3) is 0.235. The standard InChI is InChI=1S/C17H17NO3/c1-12(18-19)13-6-8-15(9-7-13)20-11-16-10-14-4-2-3-5-17(14)21-16/h2-9,16,19H,10-11H2,1H3. The molecule has 21 heavy (non-hydrogen) atoms. The molecule has 0 fully saturated rings. The van der Waals surface area contributed by atoms with Crippen molar-refractivity contribution in [2.24, 2.45) is 5.16 Å². The summed E-state index contributed by atoms with van der Waals surface area (Å²) < 4.78 is 11.6. The van der Waals surface area contributed by atoms with Crippen LogP contribution in [0.2, 0.25) is 0 Å². The van der Waals surface area contributed by atoms with Crippen molar-refractivity contribution in [1.82, 2.24) is 0 Å². The molecule has 0 saturated carbocycles.